The average Bonchev–Trinajstić information content (AvgIpc) is 3.09. The molecule has 2 heterocycles. The van der Waals surface area contributed by atoms with Crippen LogP contribution in [0.5, 0.6) is 0 Å². The van der Waals surface area contributed by atoms with Crippen molar-refractivity contribution < 1.29 is 18.8 Å². The summed E-state index contributed by atoms with van der Waals surface area (Å²) in [7, 11) is 0. The summed E-state index contributed by atoms with van der Waals surface area (Å²) in [6.45, 7) is 8.86. The second-order valence-electron chi connectivity index (χ2n) is 8.82. The second kappa shape index (κ2) is 9.94. The molecule has 31 heavy (non-hydrogen) atoms. The fourth-order valence-corrected chi connectivity index (χ4v) is 4.12. The van der Waals surface area contributed by atoms with Crippen molar-refractivity contribution in [3.05, 3.63) is 58.5 Å². The molecule has 1 aromatic carbocycles. The number of likely N-dealkylation sites (tertiary alicyclic amines) is 1. The van der Waals surface area contributed by atoms with Crippen LogP contribution in [-0.2, 0) is 11.2 Å². The highest BCUT2D eigenvalue weighted by Crippen LogP contribution is 2.22. The lowest BCUT2D eigenvalue weighted by Crippen LogP contribution is -2.45. The molecule has 0 aliphatic carbocycles. The van der Waals surface area contributed by atoms with E-state index in [9.17, 15) is 14.4 Å². The van der Waals surface area contributed by atoms with Crippen molar-refractivity contribution in [1.82, 2.24) is 10.2 Å². The number of benzene rings is 1. The first-order valence-electron chi connectivity index (χ1n) is 11.0. The van der Waals surface area contributed by atoms with Crippen molar-refractivity contribution in [2.24, 2.45) is 11.8 Å². The number of aryl methyl sites for hydroxylation is 2. The molecule has 0 spiro atoms. The minimum absolute atomic E-state index is 0.0571. The van der Waals surface area contributed by atoms with E-state index in [0.717, 1.165) is 12.0 Å². The number of hydrogen-bond donors (Lipinski definition) is 1. The van der Waals surface area contributed by atoms with Gasteiger partial charge in [0.15, 0.2) is 5.78 Å². The summed E-state index contributed by atoms with van der Waals surface area (Å²) in [5.41, 5.74) is 2.44. The van der Waals surface area contributed by atoms with Crippen LogP contribution in [0.4, 0.5) is 0 Å². The molecule has 2 amide bonds. The van der Waals surface area contributed by atoms with Gasteiger partial charge in [0.25, 0.3) is 5.91 Å². The number of Topliss-reactive ketones (excluding diaryl/α,β-unsaturated/α-hetero) is 1. The molecule has 1 fully saturated rings. The van der Waals surface area contributed by atoms with Gasteiger partial charge >= 0.3 is 0 Å². The molecule has 1 aliphatic heterocycles. The predicted molar refractivity (Wildman–Crippen MR) is 119 cm³/mol. The first-order valence-corrected chi connectivity index (χ1v) is 11.0. The lowest BCUT2D eigenvalue weighted by molar-refractivity contribution is -0.131. The molecule has 0 bridgehead atoms. The van der Waals surface area contributed by atoms with Crippen molar-refractivity contribution in [3.8, 4) is 0 Å². The van der Waals surface area contributed by atoms with Gasteiger partial charge in [-0.05, 0) is 50.7 Å². The van der Waals surface area contributed by atoms with E-state index < -0.39 is 0 Å². The van der Waals surface area contributed by atoms with Crippen molar-refractivity contribution in [1.29, 1.82) is 0 Å². The van der Waals surface area contributed by atoms with Gasteiger partial charge in [-0.2, -0.15) is 0 Å². The SMILES string of the molecule is Cc1cc(C(=O)NCC(=O)N2CCC(C(=O)c3ccc(CC(C)C)cc3)CC2)c(C)o1. The fourth-order valence-electron chi connectivity index (χ4n) is 4.12. The van der Waals surface area contributed by atoms with Crippen LogP contribution in [0.25, 0.3) is 0 Å². The number of carbonyl (C=O) groups is 3. The Morgan fingerprint density at radius 1 is 1.10 bits per heavy atom. The first kappa shape index (κ1) is 22.8. The number of furan rings is 1. The van der Waals surface area contributed by atoms with E-state index in [1.54, 1.807) is 24.8 Å². The molecule has 1 aliphatic rings. The minimum atomic E-state index is -0.311. The first-order chi connectivity index (χ1) is 14.7. The van der Waals surface area contributed by atoms with Crippen LogP contribution < -0.4 is 5.32 Å². The molecule has 1 saturated heterocycles. The molecule has 2 aromatic rings. The Bertz CT molecular complexity index is 935. The van der Waals surface area contributed by atoms with Gasteiger partial charge in [-0.25, -0.2) is 0 Å². The van der Waals surface area contributed by atoms with Gasteiger partial charge in [0.1, 0.15) is 11.5 Å². The molecular formula is C25H32N2O4. The van der Waals surface area contributed by atoms with E-state index in [2.05, 4.69) is 19.2 Å². The van der Waals surface area contributed by atoms with Crippen LogP contribution in [0.2, 0.25) is 0 Å². The lowest BCUT2D eigenvalue weighted by atomic mass is 9.88. The van der Waals surface area contributed by atoms with Crippen LogP contribution in [0.3, 0.4) is 0 Å². The molecule has 0 unspecified atom stereocenters. The summed E-state index contributed by atoms with van der Waals surface area (Å²) in [5, 5.41) is 2.67. The highest BCUT2D eigenvalue weighted by Gasteiger charge is 2.28. The Labute approximate surface area is 184 Å². The normalized spacial score (nSPS) is 14.7. The maximum atomic E-state index is 12.8. The second-order valence-corrected chi connectivity index (χ2v) is 8.82. The minimum Gasteiger partial charge on any atom is -0.466 e. The number of nitrogens with zero attached hydrogens (tertiary/aromatic N) is 1. The van der Waals surface area contributed by atoms with Gasteiger partial charge in [-0.15, -0.1) is 0 Å². The summed E-state index contributed by atoms with van der Waals surface area (Å²) < 4.78 is 5.36. The van der Waals surface area contributed by atoms with E-state index >= 15 is 0 Å². The third-order valence-corrected chi connectivity index (χ3v) is 5.79. The number of piperidine rings is 1. The molecule has 166 valence electrons. The van der Waals surface area contributed by atoms with E-state index in [0.29, 0.717) is 48.9 Å². The van der Waals surface area contributed by atoms with E-state index in [-0.39, 0.29) is 30.1 Å². The van der Waals surface area contributed by atoms with Gasteiger partial charge < -0.3 is 14.6 Å². The molecule has 0 radical (unpaired) electrons. The molecule has 3 rings (SSSR count). The smallest absolute Gasteiger partial charge is 0.255 e. The molecule has 1 aromatic heterocycles. The summed E-state index contributed by atoms with van der Waals surface area (Å²) in [4.78, 5) is 39.3. The Morgan fingerprint density at radius 3 is 2.29 bits per heavy atom. The number of ketones is 1. The largest absolute Gasteiger partial charge is 0.466 e. The average molecular weight is 425 g/mol. The van der Waals surface area contributed by atoms with Gasteiger partial charge in [-0.3, -0.25) is 14.4 Å². The summed E-state index contributed by atoms with van der Waals surface area (Å²) in [5.74, 6) is 1.44. The third kappa shape index (κ3) is 5.84. The highest BCUT2D eigenvalue weighted by atomic mass is 16.3. The van der Waals surface area contributed by atoms with Crippen LogP contribution in [0.15, 0.2) is 34.7 Å². The van der Waals surface area contributed by atoms with Crippen molar-refractivity contribution >= 4 is 17.6 Å². The van der Waals surface area contributed by atoms with Gasteiger partial charge in [-0.1, -0.05) is 38.1 Å². The Balaban J connectivity index is 1.47. The van der Waals surface area contributed by atoms with Crippen molar-refractivity contribution in [2.75, 3.05) is 19.6 Å². The predicted octanol–water partition coefficient (Wildman–Crippen LogP) is 3.95. The summed E-state index contributed by atoms with van der Waals surface area (Å²) in [6, 6.07) is 9.59. The topological polar surface area (TPSA) is 79.6 Å². The number of nitrogens with one attached hydrogen (secondary N) is 1. The van der Waals surface area contributed by atoms with E-state index in [1.165, 1.54) is 5.56 Å². The van der Waals surface area contributed by atoms with E-state index in [1.807, 2.05) is 24.3 Å². The number of hydrogen-bond acceptors (Lipinski definition) is 4. The molecule has 1 N–H and O–H groups in total. The Kier molecular flexibility index (Phi) is 7.31. The zero-order valence-electron chi connectivity index (χ0n) is 18.9. The van der Waals surface area contributed by atoms with Gasteiger partial charge in [0.2, 0.25) is 5.91 Å². The highest BCUT2D eigenvalue weighted by molar-refractivity contribution is 5.98. The molecule has 6 nitrogen and oxygen atoms in total. The number of rotatable bonds is 7. The summed E-state index contributed by atoms with van der Waals surface area (Å²) >= 11 is 0. The number of amides is 2. The standard InChI is InChI=1S/C25H32N2O4/c1-16(2)13-19-5-7-20(8-6-19)24(29)21-9-11-27(12-10-21)23(28)15-26-25(30)22-14-17(3)31-18(22)4/h5-8,14,16,21H,9-13,15H2,1-4H3,(H,26,30). The Morgan fingerprint density at radius 2 is 1.74 bits per heavy atom. The summed E-state index contributed by atoms with van der Waals surface area (Å²) in [6.07, 6.45) is 2.30. The quantitative estimate of drug-likeness (QED) is 0.683. The third-order valence-electron chi connectivity index (χ3n) is 5.79. The van der Waals surface area contributed by atoms with Crippen molar-refractivity contribution in [2.45, 2.75) is 47.0 Å². The van der Waals surface area contributed by atoms with Crippen molar-refractivity contribution in [3.63, 3.8) is 0 Å². The zero-order valence-corrected chi connectivity index (χ0v) is 18.9. The van der Waals surface area contributed by atoms with Gasteiger partial charge in [0, 0.05) is 24.6 Å². The maximum Gasteiger partial charge on any atom is 0.255 e. The van der Waals surface area contributed by atoms with Gasteiger partial charge in [0.05, 0.1) is 12.1 Å². The van der Waals surface area contributed by atoms with Crippen LogP contribution >= 0.6 is 0 Å². The number of carbonyl (C=O) groups excluding carboxylic acids is 3. The molecular weight excluding hydrogens is 392 g/mol. The van der Waals surface area contributed by atoms with Crippen LogP contribution in [0.1, 0.15) is 64.5 Å². The van der Waals surface area contributed by atoms with E-state index in [4.69, 9.17) is 4.42 Å². The molecule has 0 saturated carbocycles. The lowest BCUT2D eigenvalue weighted by Gasteiger charge is -2.31. The van der Waals surface area contributed by atoms with Crippen LogP contribution in [-0.4, -0.2) is 42.1 Å². The molecule has 6 heteroatoms. The zero-order chi connectivity index (χ0) is 22.5. The molecule has 0 atom stereocenters. The monoisotopic (exact) mass is 424 g/mol. The maximum absolute atomic E-state index is 12.8. The fraction of sp³-hybridized carbons (Fsp3) is 0.480. The van der Waals surface area contributed by atoms with Crippen LogP contribution in [0, 0.1) is 25.7 Å². The Hall–Kier alpha value is -2.89.